The number of amides is 3. The molecule has 1 saturated carbocycles. The van der Waals surface area contributed by atoms with Gasteiger partial charge in [0.2, 0.25) is 0 Å². The second-order valence-corrected chi connectivity index (χ2v) is 8.89. The van der Waals surface area contributed by atoms with E-state index in [-0.39, 0.29) is 6.10 Å². The summed E-state index contributed by atoms with van der Waals surface area (Å²) in [5, 5.41) is 2.88. The molecule has 32 heavy (non-hydrogen) atoms. The Balaban J connectivity index is 1.72. The molecule has 1 saturated heterocycles. The van der Waals surface area contributed by atoms with Crippen molar-refractivity contribution in [1.82, 2.24) is 10.2 Å². The van der Waals surface area contributed by atoms with Gasteiger partial charge in [0.25, 0.3) is 12.3 Å². The van der Waals surface area contributed by atoms with Crippen molar-refractivity contribution in [2.24, 2.45) is 5.41 Å². The van der Waals surface area contributed by atoms with E-state index in [1.807, 2.05) is 12.1 Å². The second kappa shape index (κ2) is 8.94. The maximum atomic E-state index is 13.7. The molecule has 0 bridgehead atoms. The van der Waals surface area contributed by atoms with E-state index in [9.17, 15) is 18.4 Å². The summed E-state index contributed by atoms with van der Waals surface area (Å²) in [7, 11) is 3.29. The Morgan fingerprint density at radius 2 is 1.94 bits per heavy atom. The van der Waals surface area contributed by atoms with E-state index in [4.69, 9.17) is 14.2 Å². The summed E-state index contributed by atoms with van der Waals surface area (Å²) < 4.78 is 42.8. The summed E-state index contributed by atoms with van der Waals surface area (Å²) in [5.41, 5.74) is -0.341. The van der Waals surface area contributed by atoms with Gasteiger partial charge in [0, 0.05) is 32.7 Å². The quantitative estimate of drug-likeness (QED) is 0.484. The van der Waals surface area contributed by atoms with Crippen LogP contribution in [-0.2, 0) is 26.2 Å². The molecule has 0 aromatic heterocycles. The molecule has 7 nitrogen and oxygen atoms in total. The number of benzene rings is 1. The number of nitrogens with zero attached hydrogens (tertiary/aromatic N) is 1. The number of hydrogen-bond donors (Lipinski definition) is 1. The highest BCUT2D eigenvalue weighted by Crippen LogP contribution is 2.60. The molecule has 1 aromatic carbocycles. The molecule has 1 heterocycles. The van der Waals surface area contributed by atoms with Gasteiger partial charge in [-0.15, -0.1) is 0 Å². The van der Waals surface area contributed by atoms with Crippen LogP contribution in [0.1, 0.15) is 43.2 Å². The predicted octanol–water partition coefficient (Wildman–Crippen LogP) is 3.25. The molecular weight excluding hydrogens is 422 g/mol. The van der Waals surface area contributed by atoms with Crippen molar-refractivity contribution in [3.8, 4) is 5.75 Å². The summed E-state index contributed by atoms with van der Waals surface area (Å²) in [5.74, 6) is -0.00911. The van der Waals surface area contributed by atoms with Crippen LogP contribution in [-0.4, -0.2) is 63.3 Å². The maximum absolute atomic E-state index is 13.7. The average Bonchev–Trinajstić information content (AvgIpc) is 3.18. The van der Waals surface area contributed by atoms with Gasteiger partial charge in [-0.25, -0.2) is 13.6 Å². The number of halogens is 2. The summed E-state index contributed by atoms with van der Waals surface area (Å²) in [4.78, 5) is 27.1. The van der Waals surface area contributed by atoms with Crippen LogP contribution in [0.3, 0.4) is 0 Å². The summed E-state index contributed by atoms with van der Waals surface area (Å²) >= 11 is 0. The lowest BCUT2D eigenvalue weighted by atomic mass is 9.61. The van der Waals surface area contributed by atoms with Crippen molar-refractivity contribution in [2.75, 3.05) is 34.0 Å². The Labute approximate surface area is 186 Å². The fourth-order valence-electron chi connectivity index (χ4n) is 5.68. The lowest BCUT2D eigenvalue weighted by molar-refractivity contribution is -0.139. The molecule has 3 amide bonds. The van der Waals surface area contributed by atoms with Gasteiger partial charge >= 0.3 is 6.03 Å². The lowest BCUT2D eigenvalue weighted by Gasteiger charge is -2.46. The SMILES string of the molecule is COCCCOc1ccc2c(c1)C1(NC(=O)N(CC(F)F)C1=O)[C@]1(CC[C@H](OC)CC1)C2. The van der Waals surface area contributed by atoms with Gasteiger partial charge in [-0.1, -0.05) is 6.07 Å². The van der Waals surface area contributed by atoms with Gasteiger partial charge in [0.15, 0.2) is 5.54 Å². The third-order valence-corrected chi connectivity index (χ3v) is 7.22. The van der Waals surface area contributed by atoms with Crippen LogP contribution in [0, 0.1) is 5.41 Å². The van der Waals surface area contributed by atoms with Crippen molar-refractivity contribution in [2.45, 2.75) is 56.6 Å². The fraction of sp³-hybridized carbons (Fsp3) is 0.652. The van der Waals surface area contributed by atoms with Crippen LogP contribution < -0.4 is 10.1 Å². The van der Waals surface area contributed by atoms with Gasteiger partial charge in [0.05, 0.1) is 19.3 Å². The minimum absolute atomic E-state index is 0.0884. The van der Waals surface area contributed by atoms with E-state index in [0.29, 0.717) is 55.1 Å². The van der Waals surface area contributed by atoms with E-state index in [2.05, 4.69) is 5.32 Å². The van der Waals surface area contributed by atoms with Crippen molar-refractivity contribution < 1.29 is 32.6 Å². The number of imide groups is 1. The lowest BCUT2D eigenvalue weighted by Crippen LogP contribution is -2.57. The summed E-state index contributed by atoms with van der Waals surface area (Å²) in [6, 6.07) is 4.82. The highest BCUT2D eigenvalue weighted by molar-refractivity contribution is 6.09. The van der Waals surface area contributed by atoms with Crippen molar-refractivity contribution in [3.63, 3.8) is 0 Å². The zero-order valence-electron chi connectivity index (χ0n) is 18.5. The third kappa shape index (κ3) is 3.65. The number of ether oxygens (including phenoxy) is 3. The Bertz CT molecular complexity index is 872. The van der Waals surface area contributed by atoms with Crippen molar-refractivity contribution >= 4 is 11.9 Å². The van der Waals surface area contributed by atoms with Crippen LogP contribution >= 0.6 is 0 Å². The first kappa shape index (κ1) is 22.9. The van der Waals surface area contributed by atoms with Gasteiger partial charge in [0.1, 0.15) is 5.75 Å². The normalized spacial score (nSPS) is 29.3. The number of fused-ring (bicyclic) bond motifs is 3. The van der Waals surface area contributed by atoms with E-state index >= 15 is 0 Å². The molecular formula is C23H30F2N2O5. The number of carbonyl (C=O) groups is 2. The number of alkyl halides is 2. The van der Waals surface area contributed by atoms with E-state index < -0.39 is 35.9 Å². The van der Waals surface area contributed by atoms with Crippen LogP contribution in [0.4, 0.5) is 13.6 Å². The molecule has 1 atom stereocenters. The minimum atomic E-state index is -2.80. The highest BCUT2D eigenvalue weighted by atomic mass is 19.3. The molecule has 2 fully saturated rings. The summed E-state index contributed by atoms with van der Waals surface area (Å²) in [6.45, 7) is 0.0968. The van der Waals surface area contributed by atoms with Crippen LogP contribution in [0.25, 0.3) is 0 Å². The predicted molar refractivity (Wildman–Crippen MR) is 112 cm³/mol. The van der Waals surface area contributed by atoms with E-state index in [0.717, 1.165) is 18.4 Å². The average molecular weight is 452 g/mol. The van der Waals surface area contributed by atoms with Gasteiger partial charge in [-0.05, 0) is 55.4 Å². The molecule has 9 heteroatoms. The van der Waals surface area contributed by atoms with E-state index in [1.165, 1.54) is 0 Å². The molecule has 0 radical (unpaired) electrons. The maximum Gasteiger partial charge on any atom is 0.325 e. The standard InChI is InChI=1S/C23H30F2N2O5/c1-30-10-3-11-32-17-5-4-15-13-22(8-6-16(31-2)7-9-22)23(18(15)12-17)20(28)27(14-19(24)25)21(29)26-23/h4-5,12,16,19H,3,6-11,13-14H2,1-2H3,(H,26,29)/t16-,22-,23?. The van der Waals surface area contributed by atoms with Crippen LogP contribution in [0.2, 0.25) is 0 Å². The number of hydrogen-bond acceptors (Lipinski definition) is 5. The van der Waals surface area contributed by atoms with Gasteiger partial charge in [-0.2, -0.15) is 0 Å². The highest BCUT2D eigenvalue weighted by Gasteiger charge is 2.68. The van der Waals surface area contributed by atoms with Gasteiger partial charge < -0.3 is 19.5 Å². The Kier molecular flexibility index (Phi) is 6.40. The Hall–Kier alpha value is -2.26. The first-order valence-corrected chi connectivity index (χ1v) is 11.1. The van der Waals surface area contributed by atoms with Gasteiger partial charge in [-0.3, -0.25) is 9.69 Å². The zero-order valence-corrected chi connectivity index (χ0v) is 18.5. The minimum Gasteiger partial charge on any atom is -0.493 e. The first-order chi connectivity index (χ1) is 15.4. The van der Waals surface area contributed by atoms with Crippen molar-refractivity contribution in [1.29, 1.82) is 0 Å². The molecule has 1 N–H and O–H groups in total. The Morgan fingerprint density at radius 3 is 2.59 bits per heavy atom. The molecule has 3 aliphatic rings. The molecule has 1 unspecified atom stereocenters. The molecule has 1 aliphatic heterocycles. The first-order valence-electron chi connectivity index (χ1n) is 11.1. The monoisotopic (exact) mass is 452 g/mol. The van der Waals surface area contributed by atoms with Crippen LogP contribution in [0.5, 0.6) is 5.75 Å². The molecule has 2 spiro atoms. The molecule has 2 aliphatic carbocycles. The zero-order chi connectivity index (χ0) is 22.9. The van der Waals surface area contributed by atoms with Crippen LogP contribution in [0.15, 0.2) is 18.2 Å². The third-order valence-electron chi connectivity index (χ3n) is 7.22. The van der Waals surface area contributed by atoms with E-state index in [1.54, 1.807) is 20.3 Å². The number of rotatable bonds is 8. The molecule has 4 rings (SSSR count). The number of methoxy groups -OCH3 is 2. The Morgan fingerprint density at radius 1 is 1.19 bits per heavy atom. The smallest absolute Gasteiger partial charge is 0.325 e. The van der Waals surface area contributed by atoms with Crippen molar-refractivity contribution in [3.05, 3.63) is 29.3 Å². The molecule has 176 valence electrons. The number of carbonyl (C=O) groups excluding carboxylic acids is 2. The second-order valence-electron chi connectivity index (χ2n) is 8.89. The fourth-order valence-corrected chi connectivity index (χ4v) is 5.68. The number of nitrogens with one attached hydrogen (secondary N) is 1. The number of urea groups is 1. The molecule has 1 aromatic rings. The largest absolute Gasteiger partial charge is 0.493 e. The summed E-state index contributed by atoms with van der Waals surface area (Å²) in [6.07, 6.45) is 1.38. The topological polar surface area (TPSA) is 77.1 Å².